The first-order valence-electron chi connectivity index (χ1n) is 10.2. The van der Waals surface area contributed by atoms with Crippen molar-refractivity contribution in [1.82, 2.24) is 0 Å². The van der Waals surface area contributed by atoms with E-state index in [1.807, 2.05) is 6.08 Å². The van der Waals surface area contributed by atoms with E-state index in [9.17, 15) is 14.4 Å². The maximum atomic E-state index is 12.2. The number of carbonyl (C=O) groups excluding carboxylic acids is 2. The summed E-state index contributed by atoms with van der Waals surface area (Å²) in [6.45, 7) is 8.54. The molecule has 160 valence electrons. The lowest BCUT2D eigenvalue weighted by atomic mass is 10.0. The first-order valence-corrected chi connectivity index (χ1v) is 10.2. The molecule has 0 amide bonds. The molecule has 0 radical (unpaired) electrons. The number of carbonyl (C=O) groups is 3. The van der Waals surface area contributed by atoms with Gasteiger partial charge in [-0.15, -0.1) is 0 Å². The second kappa shape index (κ2) is 15.9. The van der Waals surface area contributed by atoms with Gasteiger partial charge in [-0.05, 0) is 19.8 Å². The highest BCUT2D eigenvalue weighted by atomic mass is 16.7. The van der Waals surface area contributed by atoms with Crippen LogP contribution in [0.25, 0.3) is 0 Å². The van der Waals surface area contributed by atoms with Crippen LogP contribution in [0.3, 0.4) is 0 Å². The second-order valence-electron chi connectivity index (χ2n) is 7.09. The van der Waals surface area contributed by atoms with Crippen LogP contribution in [-0.4, -0.2) is 29.3 Å². The molecule has 2 unspecified atom stereocenters. The standard InChI is InChI=1S/C22H36O6/c1-5-6-7-8-9-10-11-12-13-14-15-19(16-20(23)24)22(26)28-18(4)27-21(25)17(2)3/h14-15,18-19H,2,5-13,16H2,1,3-4H3,(H,23,24). The molecule has 0 spiro atoms. The van der Waals surface area contributed by atoms with Crippen LogP contribution in [0.1, 0.15) is 85.0 Å². The van der Waals surface area contributed by atoms with E-state index in [0.717, 1.165) is 19.3 Å². The molecular weight excluding hydrogens is 360 g/mol. The van der Waals surface area contributed by atoms with Crippen LogP contribution in [0.15, 0.2) is 24.3 Å². The minimum absolute atomic E-state index is 0.190. The molecule has 0 saturated carbocycles. The first-order chi connectivity index (χ1) is 13.3. The van der Waals surface area contributed by atoms with Crippen LogP contribution in [0.5, 0.6) is 0 Å². The maximum absolute atomic E-state index is 12.2. The predicted octanol–water partition coefficient (Wildman–Crippen LogP) is 5.17. The number of carboxylic acids is 1. The van der Waals surface area contributed by atoms with Gasteiger partial charge in [-0.1, -0.05) is 70.6 Å². The lowest BCUT2D eigenvalue weighted by molar-refractivity contribution is -0.184. The highest BCUT2D eigenvalue weighted by Gasteiger charge is 2.23. The molecule has 6 heteroatoms. The molecule has 0 heterocycles. The van der Waals surface area contributed by atoms with Gasteiger partial charge in [0.25, 0.3) is 0 Å². The Morgan fingerprint density at radius 2 is 1.57 bits per heavy atom. The topological polar surface area (TPSA) is 89.9 Å². The van der Waals surface area contributed by atoms with Gasteiger partial charge in [0.2, 0.25) is 6.29 Å². The number of hydrogen-bond donors (Lipinski definition) is 1. The van der Waals surface area contributed by atoms with Gasteiger partial charge >= 0.3 is 17.9 Å². The molecule has 0 aromatic rings. The summed E-state index contributed by atoms with van der Waals surface area (Å²) < 4.78 is 9.93. The number of allylic oxidation sites excluding steroid dienone is 1. The Hall–Kier alpha value is -2.11. The Morgan fingerprint density at radius 3 is 2.11 bits per heavy atom. The number of rotatable bonds is 16. The van der Waals surface area contributed by atoms with Crippen LogP contribution in [0.4, 0.5) is 0 Å². The second-order valence-corrected chi connectivity index (χ2v) is 7.09. The zero-order valence-corrected chi connectivity index (χ0v) is 17.6. The molecule has 0 bridgehead atoms. The molecule has 2 atom stereocenters. The van der Waals surface area contributed by atoms with Crippen molar-refractivity contribution in [3.05, 3.63) is 24.3 Å². The molecule has 28 heavy (non-hydrogen) atoms. The summed E-state index contributed by atoms with van der Waals surface area (Å²) in [6.07, 6.45) is 12.4. The fraction of sp³-hybridized carbons (Fsp3) is 0.682. The fourth-order valence-electron chi connectivity index (χ4n) is 2.60. The average Bonchev–Trinajstić information content (AvgIpc) is 2.61. The van der Waals surface area contributed by atoms with Crippen LogP contribution < -0.4 is 0 Å². The van der Waals surface area contributed by atoms with E-state index in [4.69, 9.17) is 14.6 Å². The Morgan fingerprint density at radius 1 is 1.00 bits per heavy atom. The van der Waals surface area contributed by atoms with Crippen molar-refractivity contribution >= 4 is 17.9 Å². The van der Waals surface area contributed by atoms with Gasteiger partial charge in [0.1, 0.15) is 0 Å². The molecule has 0 aromatic carbocycles. The SMILES string of the molecule is C=C(C)C(=O)OC(C)OC(=O)C(C=CCCCCCCCCCC)CC(=O)O. The summed E-state index contributed by atoms with van der Waals surface area (Å²) in [5.41, 5.74) is 0.190. The van der Waals surface area contributed by atoms with Crippen molar-refractivity contribution in [2.24, 2.45) is 5.92 Å². The third-order valence-electron chi connectivity index (χ3n) is 4.19. The summed E-state index contributed by atoms with van der Waals surface area (Å²) in [7, 11) is 0. The number of ether oxygens (including phenoxy) is 2. The lowest BCUT2D eigenvalue weighted by Gasteiger charge is -2.17. The van der Waals surface area contributed by atoms with Crippen LogP contribution >= 0.6 is 0 Å². The highest BCUT2D eigenvalue weighted by molar-refractivity contribution is 5.87. The summed E-state index contributed by atoms with van der Waals surface area (Å²) in [6, 6.07) is 0. The third kappa shape index (κ3) is 14.0. The molecule has 0 aliphatic carbocycles. The van der Waals surface area contributed by atoms with E-state index in [1.165, 1.54) is 52.4 Å². The van der Waals surface area contributed by atoms with E-state index in [0.29, 0.717) is 0 Å². The largest absolute Gasteiger partial charge is 0.481 e. The molecule has 0 aliphatic heterocycles. The van der Waals surface area contributed by atoms with Crippen molar-refractivity contribution in [3.8, 4) is 0 Å². The number of hydrogen-bond acceptors (Lipinski definition) is 5. The first kappa shape index (κ1) is 25.9. The van der Waals surface area contributed by atoms with Crippen molar-refractivity contribution in [3.63, 3.8) is 0 Å². The summed E-state index contributed by atoms with van der Waals surface area (Å²) >= 11 is 0. The number of esters is 2. The van der Waals surface area contributed by atoms with E-state index >= 15 is 0 Å². The molecule has 0 aliphatic rings. The lowest BCUT2D eigenvalue weighted by Crippen LogP contribution is -2.27. The van der Waals surface area contributed by atoms with Crippen LogP contribution in [0, 0.1) is 5.92 Å². The quantitative estimate of drug-likeness (QED) is 0.127. The molecule has 0 aromatic heterocycles. The van der Waals surface area contributed by atoms with Crippen molar-refractivity contribution < 1.29 is 29.0 Å². The van der Waals surface area contributed by atoms with E-state index in [1.54, 1.807) is 6.08 Å². The zero-order chi connectivity index (χ0) is 21.4. The Labute approximate surface area is 169 Å². The van der Waals surface area contributed by atoms with Gasteiger partial charge in [0, 0.05) is 12.5 Å². The van der Waals surface area contributed by atoms with Crippen LogP contribution in [-0.2, 0) is 23.9 Å². The smallest absolute Gasteiger partial charge is 0.336 e. The van der Waals surface area contributed by atoms with Crippen molar-refractivity contribution in [1.29, 1.82) is 0 Å². The predicted molar refractivity (Wildman–Crippen MR) is 109 cm³/mol. The molecule has 6 nitrogen and oxygen atoms in total. The van der Waals surface area contributed by atoms with Gasteiger partial charge < -0.3 is 14.6 Å². The van der Waals surface area contributed by atoms with Crippen molar-refractivity contribution in [2.75, 3.05) is 0 Å². The summed E-state index contributed by atoms with van der Waals surface area (Å²) in [4.78, 5) is 34.6. The molecule has 0 saturated heterocycles. The van der Waals surface area contributed by atoms with Gasteiger partial charge in [0.05, 0.1) is 12.3 Å². The third-order valence-corrected chi connectivity index (χ3v) is 4.19. The number of carboxylic acid groups (broad SMARTS) is 1. The van der Waals surface area contributed by atoms with Gasteiger partial charge in [-0.2, -0.15) is 0 Å². The normalized spacial score (nSPS) is 13.1. The zero-order valence-electron chi connectivity index (χ0n) is 17.6. The van der Waals surface area contributed by atoms with Crippen molar-refractivity contribution in [2.45, 2.75) is 91.3 Å². The number of aliphatic carboxylic acids is 1. The van der Waals surface area contributed by atoms with Gasteiger partial charge in [-0.3, -0.25) is 9.59 Å². The van der Waals surface area contributed by atoms with Gasteiger partial charge in [-0.25, -0.2) is 4.79 Å². The summed E-state index contributed by atoms with van der Waals surface area (Å²) in [5, 5.41) is 9.01. The number of unbranched alkanes of at least 4 members (excludes halogenated alkanes) is 8. The Bertz CT molecular complexity index is 523. The van der Waals surface area contributed by atoms with Crippen LogP contribution in [0.2, 0.25) is 0 Å². The minimum atomic E-state index is -1.10. The molecule has 0 fully saturated rings. The summed E-state index contributed by atoms with van der Waals surface area (Å²) in [5.74, 6) is -3.39. The Kier molecular flexibility index (Phi) is 14.7. The molecule has 0 rings (SSSR count). The minimum Gasteiger partial charge on any atom is -0.481 e. The highest BCUT2D eigenvalue weighted by Crippen LogP contribution is 2.14. The molecular formula is C22H36O6. The van der Waals surface area contributed by atoms with Gasteiger partial charge in [0.15, 0.2) is 0 Å². The van der Waals surface area contributed by atoms with E-state index in [-0.39, 0.29) is 12.0 Å². The van der Waals surface area contributed by atoms with E-state index in [2.05, 4.69) is 13.5 Å². The fourth-order valence-corrected chi connectivity index (χ4v) is 2.60. The van der Waals surface area contributed by atoms with E-state index < -0.39 is 30.1 Å². The monoisotopic (exact) mass is 396 g/mol. The average molecular weight is 397 g/mol. The Balaban J connectivity index is 4.29. The maximum Gasteiger partial charge on any atom is 0.336 e. The molecule has 1 N–H and O–H groups in total.